The van der Waals surface area contributed by atoms with Gasteiger partial charge in [0.2, 0.25) is 0 Å². The van der Waals surface area contributed by atoms with Gasteiger partial charge in [-0.25, -0.2) is 4.79 Å². The third-order valence-corrected chi connectivity index (χ3v) is 6.28. The Hall–Kier alpha value is -0.770. The number of carbonyl (C=O) groups excluding carboxylic acids is 1. The van der Waals surface area contributed by atoms with Crippen LogP contribution >= 0.6 is 0 Å². The fraction of sp³-hybridized carbons (Fsp3) is 0.944. The molecule has 0 spiro atoms. The van der Waals surface area contributed by atoms with Crippen LogP contribution in [0.2, 0.25) is 0 Å². The Morgan fingerprint density at radius 1 is 1.09 bits per heavy atom. The molecule has 3 fully saturated rings. The molecule has 0 unspecified atom stereocenters. The largest absolute Gasteiger partial charge is 0.338 e. The molecule has 2 amide bonds. The molecule has 0 bridgehead atoms. The Morgan fingerprint density at radius 2 is 1.82 bits per heavy atom. The number of amides is 2. The summed E-state index contributed by atoms with van der Waals surface area (Å²) in [5.74, 6) is 1.64. The number of fused-ring (bicyclic) bond motifs is 1. The molecule has 2 aliphatic heterocycles. The molecule has 2 heterocycles. The molecule has 22 heavy (non-hydrogen) atoms. The van der Waals surface area contributed by atoms with E-state index < -0.39 is 0 Å². The summed E-state index contributed by atoms with van der Waals surface area (Å²) in [7, 11) is 0. The van der Waals surface area contributed by atoms with E-state index in [1.807, 2.05) is 0 Å². The van der Waals surface area contributed by atoms with Gasteiger partial charge in [-0.2, -0.15) is 0 Å². The molecular formula is C18H33N3O. The van der Waals surface area contributed by atoms with E-state index in [9.17, 15) is 4.79 Å². The van der Waals surface area contributed by atoms with Gasteiger partial charge < -0.3 is 10.2 Å². The van der Waals surface area contributed by atoms with Crippen molar-refractivity contribution in [3.63, 3.8) is 0 Å². The van der Waals surface area contributed by atoms with Crippen LogP contribution in [0.1, 0.15) is 58.8 Å². The lowest BCUT2D eigenvalue weighted by Gasteiger charge is -2.42. The lowest BCUT2D eigenvalue weighted by molar-refractivity contribution is 0.0795. The van der Waals surface area contributed by atoms with E-state index in [0.29, 0.717) is 18.0 Å². The summed E-state index contributed by atoms with van der Waals surface area (Å²) in [6, 6.07) is 1.14. The summed E-state index contributed by atoms with van der Waals surface area (Å²) < 4.78 is 0. The van der Waals surface area contributed by atoms with Crippen molar-refractivity contribution in [2.45, 2.75) is 70.9 Å². The molecular weight excluding hydrogens is 274 g/mol. The number of hydrogen-bond acceptors (Lipinski definition) is 2. The molecule has 126 valence electrons. The van der Waals surface area contributed by atoms with Gasteiger partial charge in [0.1, 0.15) is 0 Å². The summed E-state index contributed by atoms with van der Waals surface area (Å²) in [5.41, 5.74) is 0. The first-order valence-electron chi connectivity index (χ1n) is 9.46. The average Bonchev–Trinajstić information content (AvgIpc) is 2.99. The van der Waals surface area contributed by atoms with Gasteiger partial charge in [0, 0.05) is 31.7 Å². The summed E-state index contributed by atoms with van der Waals surface area (Å²) in [5, 5.41) is 3.23. The number of rotatable bonds is 3. The van der Waals surface area contributed by atoms with Crippen molar-refractivity contribution in [2.24, 2.45) is 11.8 Å². The molecule has 0 radical (unpaired) electrons. The maximum atomic E-state index is 12.6. The Morgan fingerprint density at radius 3 is 2.55 bits per heavy atom. The summed E-state index contributed by atoms with van der Waals surface area (Å²) >= 11 is 0. The molecule has 0 aromatic rings. The highest BCUT2D eigenvalue weighted by atomic mass is 16.2. The van der Waals surface area contributed by atoms with E-state index in [2.05, 4.69) is 29.0 Å². The fourth-order valence-electron chi connectivity index (χ4n) is 4.65. The third-order valence-electron chi connectivity index (χ3n) is 6.28. The van der Waals surface area contributed by atoms with Crippen molar-refractivity contribution in [3.8, 4) is 0 Å². The molecule has 4 nitrogen and oxygen atoms in total. The summed E-state index contributed by atoms with van der Waals surface area (Å²) in [6.07, 6.45) is 9.19. The van der Waals surface area contributed by atoms with Gasteiger partial charge >= 0.3 is 6.03 Å². The van der Waals surface area contributed by atoms with Gasteiger partial charge in [-0.15, -0.1) is 0 Å². The maximum Gasteiger partial charge on any atom is 0.317 e. The van der Waals surface area contributed by atoms with Gasteiger partial charge in [-0.1, -0.05) is 26.2 Å². The second-order valence-corrected chi connectivity index (χ2v) is 7.77. The lowest BCUT2D eigenvalue weighted by atomic mass is 9.81. The average molecular weight is 307 g/mol. The van der Waals surface area contributed by atoms with Crippen LogP contribution in [0.3, 0.4) is 0 Å². The highest BCUT2D eigenvalue weighted by Crippen LogP contribution is 2.30. The smallest absolute Gasteiger partial charge is 0.317 e. The first-order chi connectivity index (χ1) is 10.7. The Bertz CT molecular complexity index is 379. The van der Waals surface area contributed by atoms with Crippen molar-refractivity contribution in [3.05, 3.63) is 0 Å². The minimum Gasteiger partial charge on any atom is -0.338 e. The third kappa shape index (κ3) is 3.58. The predicted octanol–water partition coefficient (Wildman–Crippen LogP) is 3.08. The van der Waals surface area contributed by atoms with Crippen molar-refractivity contribution < 1.29 is 4.79 Å². The van der Waals surface area contributed by atoms with Crippen molar-refractivity contribution in [1.82, 2.24) is 15.1 Å². The van der Waals surface area contributed by atoms with Crippen LogP contribution in [0.4, 0.5) is 4.79 Å². The minimum absolute atomic E-state index is 0.177. The fourth-order valence-corrected chi connectivity index (χ4v) is 4.65. The first kappa shape index (κ1) is 16.1. The Labute approximate surface area is 135 Å². The normalized spacial score (nSPS) is 36.2. The molecule has 1 N–H and O–H groups in total. The number of carbonyl (C=O) groups is 1. The minimum atomic E-state index is 0.177. The molecule has 2 atom stereocenters. The van der Waals surface area contributed by atoms with Gasteiger partial charge in [0.05, 0.1) is 0 Å². The molecule has 0 aromatic heterocycles. The van der Waals surface area contributed by atoms with Crippen LogP contribution in [-0.4, -0.2) is 54.1 Å². The zero-order valence-electron chi connectivity index (χ0n) is 14.4. The highest BCUT2D eigenvalue weighted by molar-refractivity contribution is 5.74. The topological polar surface area (TPSA) is 35.6 Å². The van der Waals surface area contributed by atoms with E-state index in [1.54, 1.807) is 0 Å². The number of nitrogens with zero attached hydrogens (tertiary/aromatic N) is 2. The zero-order chi connectivity index (χ0) is 15.5. The molecule has 1 aliphatic carbocycles. The molecule has 4 heteroatoms. The predicted molar refractivity (Wildman–Crippen MR) is 89.9 cm³/mol. The quantitative estimate of drug-likeness (QED) is 0.870. The van der Waals surface area contributed by atoms with Gasteiger partial charge in [-0.3, -0.25) is 4.90 Å². The van der Waals surface area contributed by atoms with E-state index >= 15 is 0 Å². The first-order valence-corrected chi connectivity index (χ1v) is 9.46. The maximum absolute atomic E-state index is 12.6. The van der Waals surface area contributed by atoms with E-state index in [-0.39, 0.29) is 6.03 Å². The van der Waals surface area contributed by atoms with Crippen LogP contribution in [0.25, 0.3) is 0 Å². The second kappa shape index (κ2) is 7.20. The van der Waals surface area contributed by atoms with E-state index in [1.165, 1.54) is 51.5 Å². The van der Waals surface area contributed by atoms with Gasteiger partial charge in [-0.05, 0) is 51.0 Å². The van der Waals surface area contributed by atoms with Crippen LogP contribution in [-0.2, 0) is 0 Å². The highest BCUT2D eigenvalue weighted by Gasteiger charge is 2.36. The monoisotopic (exact) mass is 307 g/mol. The molecule has 3 aliphatic rings. The summed E-state index contributed by atoms with van der Waals surface area (Å²) in [6.45, 7) is 8.59. The molecule has 1 saturated carbocycles. The van der Waals surface area contributed by atoms with Crippen molar-refractivity contribution >= 4 is 6.03 Å². The van der Waals surface area contributed by atoms with Crippen LogP contribution < -0.4 is 5.32 Å². The van der Waals surface area contributed by atoms with Crippen molar-refractivity contribution in [2.75, 3.05) is 26.2 Å². The molecule has 3 rings (SSSR count). The molecule has 0 aromatic carbocycles. The lowest BCUT2D eigenvalue weighted by Crippen LogP contribution is -2.59. The second-order valence-electron chi connectivity index (χ2n) is 7.77. The standard InChI is InChI=1S/C18H33N3O/c1-3-15-6-8-16(9-7-15)11-19-18(22)21-13-17-5-4-10-20(17)12-14(21)2/h14-17H,3-13H2,1-2H3,(H,19,22)/t14-,15?,16?,17+/m1/s1. The van der Waals surface area contributed by atoms with Crippen molar-refractivity contribution in [1.29, 1.82) is 0 Å². The van der Waals surface area contributed by atoms with Crippen LogP contribution in [0.5, 0.6) is 0 Å². The Kier molecular flexibility index (Phi) is 5.27. The number of urea groups is 1. The van der Waals surface area contributed by atoms with Gasteiger partial charge in [0.15, 0.2) is 0 Å². The summed E-state index contributed by atoms with van der Waals surface area (Å²) in [4.78, 5) is 17.2. The van der Waals surface area contributed by atoms with Crippen LogP contribution in [0, 0.1) is 11.8 Å². The molecule has 2 saturated heterocycles. The van der Waals surface area contributed by atoms with Gasteiger partial charge in [0.25, 0.3) is 0 Å². The number of hydrogen-bond donors (Lipinski definition) is 1. The van der Waals surface area contributed by atoms with Crippen LogP contribution in [0.15, 0.2) is 0 Å². The van der Waals surface area contributed by atoms with E-state index in [4.69, 9.17) is 0 Å². The number of nitrogens with one attached hydrogen (secondary N) is 1. The SMILES string of the molecule is CCC1CCC(CNC(=O)N2C[C@@H]3CCCN3C[C@H]2C)CC1. The number of piperazine rings is 1. The Balaban J connectivity index is 1.43. The van der Waals surface area contributed by atoms with E-state index in [0.717, 1.165) is 25.6 Å². The zero-order valence-corrected chi connectivity index (χ0v) is 14.4.